The van der Waals surface area contributed by atoms with E-state index < -0.39 is 16.2 Å². The highest BCUT2D eigenvalue weighted by molar-refractivity contribution is 7.86. The molecule has 0 fully saturated rings. The molecule has 0 bridgehead atoms. The third-order valence-electron chi connectivity index (χ3n) is 4.07. The van der Waals surface area contributed by atoms with Crippen molar-refractivity contribution in [3.05, 3.63) is 90.0 Å². The zero-order valence-electron chi connectivity index (χ0n) is 14.2. The molecule has 0 saturated carbocycles. The number of aryl methyl sites for hydroxylation is 1. The van der Waals surface area contributed by atoms with Crippen molar-refractivity contribution < 1.29 is 12.6 Å². The average Bonchev–Trinajstić information content (AvgIpc) is 2.62. The standard InChI is InChI=1S/C21H20O3S/c1-16-8-14-21(15-9-16)25(22,23)24-17(2)18-10-12-20(13-11-18)19-6-4-3-5-7-19/h3-15,17H,1-2H3. The molecule has 3 aromatic rings. The van der Waals surface area contributed by atoms with Crippen LogP contribution in [0.3, 0.4) is 0 Å². The van der Waals surface area contributed by atoms with E-state index >= 15 is 0 Å². The molecule has 3 aromatic carbocycles. The fraction of sp³-hybridized carbons (Fsp3) is 0.143. The number of hydrogen-bond acceptors (Lipinski definition) is 3. The van der Waals surface area contributed by atoms with Gasteiger partial charge in [-0.3, -0.25) is 4.18 Å². The van der Waals surface area contributed by atoms with Gasteiger partial charge in [0.15, 0.2) is 0 Å². The summed E-state index contributed by atoms with van der Waals surface area (Å²) in [5, 5.41) is 0. The summed E-state index contributed by atoms with van der Waals surface area (Å²) in [6, 6.07) is 24.4. The second-order valence-corrected chi connectivity index (χ2v) is 7.57. The second-order valence-electron chi connectivity index (χ2n) is 5.99. The first kappa shape index (κ1) is 17.4. The fourth-order valence-corrected chi connectivity index (χ4v) is 3.65. The van der Waals surface area contributed by atoms with Crippen molar-refractivity contribution in [3.8, 4) is 11.1 Å². The van der Waals surface area contributed by atoms with Crippen molar-refractivity contribution in [2.75, 3.05) is 0 Å². The van der Waals surface area contributed by atoms with Crippen molar-refractivity contribution >= 4 is 10.1 Å². The van der Waals surface area contributed by atoms with Gasteiger partial charge in [-0.15, -0.1) is 0 Å². The summed E-state index contributed by atoms with van der Waals surface area (Å²) in [6.07, 6.45) is -0.559. The molecule has 3 nitrogen and oxygen atoms in total. The SMILES string of the molecule is Cc1ccc(S(=O)(=O)OC(C)c2ccc(-c3ccccc3)cc2)cc1. The Morgan fingerprint density at radius 2 is 1.32 bits per heavy atom. The second kappa shape index (κ2) is 7.21. The van der Waals surface area contributed by atoms with Gasteiger partial charge in [-0.1, -0.05) is 72.3 Å². The molecule has 0 aromatic heterocycles. The lowest BCUT2D eigenvalue weighted by molar-refractivity contribution is 0.234. The van der Waals surface area contributed by atoms with E-state index in [9.17, 15) is 8.42 Å². The lowest BCUT2D eigenvalue weighted by atomic mass is 10.0. The minimum atomic E-state index is -3.79. The van der Waals surface area contributed by atoms with Gasteiger partial charge < -0.3 is 0 Å². The minimum absolute atomic E-state index is 0.172. The Labute approximate surface area is 149 Å². The maximum absolute atomic E-state index is 12.4. The topological polar surface area (TPSA) is 43.4 Å². The molecule has 128 valence electrons. The van der Waals surface area contributed by atoms with E-state index in [0.717, 1.165) is 22.3 Å². The lowest BCUT2D eigenvalue weighted by Gasteiger charge is -2.14. The van der Waals surface area contributed by atoms with E-state index in [2.05, 4.69) is 0 Å². The number of benzene rings is 3. The fourth-order valence-electron chi connectivity index (χ4n) is 2.58. The quantitative estimate of drug-likeness (QED) is 0.598. The van der Waals surface area contributed by atoms with Crippen molar-refractivity contribution in [1.82, 2.24) is 0 Å². The summed E-state index contributed by atoms with van der Waals surface area (Å²) >= 11 is 0. The molecule has 1 unspecified atom stereocenters. The first-order valence-electron chi connectivity index (χ1n) is 8.11. The molecule has 1 atom stereocenters. The normalized spacial score (nSPS) is 12.7. The van der Waals surface area contributed by atoms with Crippen LogP contribution in [-0.4, -0.2) is 8.42 Å². The monoisotopic (exact) mass is 352 g/mol. The molecule has 0 spiro atoms. The highest BCUT2D eigenvalue weighted by Crippen LogP contribution is 2.26. The third-order valence-corrected chi connectivity index (χ3v) is 5.46. The molecule has 3 rings (SSSR count). The van der Waals surface area contributed by atoms with Gasteiger partial charge in [0.1, 0.15) is 0 Å². The molecule has 25 heavy (non-hydrogen) atoms. The van der Waals surface area contributed by atoms with E-state index in [0.29, 0.717) is 0 Å². The number of rotatable bonds is 5. The molecule has 0 heterocycles. The van der Waals surface area contributed by atoms with Crippen molar-refractivity contribution in [3.63, 3.8) is 0 Å². The molecule has 0 N–H and O–H groups in total. The van der Waals surface area contributed by atoms with Gasteiger partial charge in [0.05, 0.1) is 11.0 Å². The Morgan fingerprint density at radius 3 is 1.92 bits per heavy atom. The van der Waals surface area contributed by atoms with E-state index in [1.807, 2.05) is 61.5 Å². The molecule has 0 radical (unpaired) electrons. The van der Waals surface area contributed by atoms with Gasteiger partial charge in [-0.2, -0.15) is 8.42 Å². The van der Waals surface area contributed by atoms with E-state index in [4.69, 9.17) is 4.18 Å². The molecule has 0 aliphatic heterocycles. The van der Waals surface area contributed by atoms with Crippen LogP contribution in [0.25, 0.3) is 11.1 Å². The Balaban J connectivity index is 1.77. The van der Waals surface area contributed by atoms with Gasteiger partial charge >= 0.3 is 0 Å². The summed E-state index contributed by atoms with van der Waals surface area (Å²) in [6.45, 7) is 3.65. The Bertz CT molecular complexity index is 929. The van der Waals surface area contributed by atoms with Gasteiger partial charge in [-0.05, 0) is 42.7 Å². The van der Waals surface area contributed by atoms with Crippen LogP contribution in [0.2, 0.25) is 0 Å². The maximum atomic E-state index is 12.4. The van der Waals surface area contributed by atoms with Gasteiger partial charge in [0, 0.05) is 0 Å². The van der Waals surface area contributed by atoms with Gasteiger partial charge in [0.25, 0.3) is 10.1 Å². The van der Waals surface area contributed by atoms with Crippen molar-refractivity contribution in [1.29, 1.82) is 0 Å². The van der Waals surface area contributed by atoms with E-state index in [1.54, 1.807) is 31.2 Å². The van der Waals surface area contributed by atoms with Crippen molar-refractivity contribution in [2.45, 2.75) is 24.8 Å². The van der Waals surface area contributed by atoms with E-state index in [1.165, 1.54) is 0 Å². The molecule has 0 saturated heterocycles. The molecule has 0 aliphatic rings. The Kier molecular flexibility index (Phi) is 5.02. The summed E-state index contributed by atoms with van der Waals surface area (Å²) in [5.41, 5.74) is 4.02. The van der Waals surface area contributed by atoms with Crippen LogP contribution in [0.1, 0.15) is 24.2 Å². The molecule has 0 amide bonds. The third kappa shape index (κ3) is 4.16. The zero-order valence-corrected chi connectivity index (χ0v) is 15.0. The maximum Gasteiger partial charge on any atom is 0.297 e. The highest BCUT2D eigenvalue weighted by atomic mass is 32.2. The molecular formula is C21H20O3S. The predicted octanol–water partition coefficient (Wildman–Crippen LogP) is 5.13. The van der Waals surface area contributed by atoms with Crippen molar-refractivity contribution in [2.24, 2.45) is 0 Å². The summed E-state index contributed by atoms with van der Waals surface area (Å²) in [5.74, 6) is 0. The zero-order chi connectivity index (χ0) is 17.9. The first-order valence-corrected chi connectivity index (χ1v) is 9.52. The Morgan fingerprint density at radius 1 is 0.760 bits per heavy atom. The van der Waals surface area contributed by atoms with Crippen LogP contribution in [0.15, 0.2) is 83.8 Å². The van der Waals surface area contributed by atoms with Crippen LogP contribution in [0.4, 0.5) is 0 Å². The Hall–Kier alpha value is -2.43. The van der Waals surface area contributed by atoms with Gasteiger partial charge in [-0.25, -0.2) is 0 Å². The minimum Gasteiger partial charge on any atom is -0.258 e. The number of hydrogen-bond donors (Lipinski definition) is 0. The molecular weight excluding hydrogens is 332 g/mol. The summed E-state index contributed by atoms with van der Waals surface area (Å²) in [7, 11) is -3.79. The largest absolute Gasteiger partial charge is 0.297 e. The van der Waals surface area contributed by atoms with E-state index in [-0.39, 0.29) is 4.90 Å². The highest BCUT2D eigenvalue weighted by Gasteiger charge is 2.20. The van der Waals surface area contributed by atoms with Crippen LogP contribution >= 0.6 is 0 Å². The summed E-state index contributed by atoms with van der Waals surface area (Å²) < 4.78 is 30.2. The van der Waals surface area contributed by atoms with Gasteiger partial charge in [0.2, 0.25) is 0 Å². The lowest BCUT2D eigenvalue weighted by Crippen LogP contribution is -2.10. The smallest absolute Gasteiger partial charge is 0.258 e. The predicted molar refractivity (Wildman–Crippen MR) is 99.7 cm³/mol. The first-order chi connectivity index (χ1) is 12.0. The molecule has 0 aliphatic carbocycles. The van der Waals surface area contributed by atoms with Crippen LogP contribution in [0.5, 0.6) is 0 Å². The van der Waals surface area contributed by atoms with Crippen LogP contribution < -0.4 is 0 Å². The molecule has 4 heteroatoms. The summed E-state index contributed by atoms with van der Waals surface area (Å²) in [4.78, 5) is 0.172. The van der Waals surface area contributed by atoms with Crippen LogP contribution in [-0.2, 0) is 14.3 Å². The van der Waals surface area contributed by atoms with Crippen LogP contribution in [0, 0.1) is 6.92 Å². The average molecular weight is 352 g/mol.